The average molecular weight is 454 g/mol. The number of nitrogens with one attached hydrogen (secondary N) is 1. The molecule has 168 valence electrons. The van der Waals surface area contributed by atoms with Crippen LogP contribution in [0.2, 0.25) is 0 Å². The van der Waals surface area contributed by atoms with Gasteiger partial charge in [0.15, 0.2) is 0 Å². The first-order chi connectivity index (χ1) is 15.7. The van der Waals surface area contributed by atoms with Gasteiger partial charge in [0.05, 0.1) is 22.3 Å². The summed E-state index contributed by atoms with van der Waals surface area (Å²) in [5.74, 6) is -1.94. The standard InChI is InChI=1S/C25H18F4N2O2/c1-2-30-21-6-4-3-5-17(21)16-9-7-14(11-20(16)26)23-13-19(24(32)33)18-12-15(25(27,28)29)8-10-22(18)31-23/h3-13,30H,2H2,1H3,(H,32,33). The number of rotatable bonds is 5. The number of carbonyl (C=O) groups is 1. The van der Waals surface area contributed by atoms with Crippen molar-refractivity contribution in [1.82, 2.24) is 4.98 Å². The van der Waals surface area contributed by atoms with Gasteiger partial charge in [0.25, 0.3) is 0 Å². The fourth-order valence-corrected chi connectivity index (χ4v) is 3.68. The lowest BCUT2D eigenvalue weighted by Crippen LogP contribution is -2.06. The van der Waals surface area contributed by atoms with Gasteiger partial charge in [0, 0.05) is 34.3 Å². The lowest BCUT2D eigenvalue weighted by molar-refractivity contribution is -0.137. The SMILES string of the molecule is CCNc1ccccc1-c1ccc(-c2cc(C(=O)O)c3cc(C(F)(F)F)ccc3n2)cc1F. The zero-order valence-corrected chi connectivity index (χ0v) is 17.4. The maximum absolute atomic E-state index is 15.1. The number of carboxylic acids is 1. The molecule has 0 fully saturated rings. The molecule has 0 saturated heterocycles. The van der Waals surface area contributed by atoms with E-state index in [4.69, 9.17) is 0 Å². The average Bonchev–Trinajstić information content (AvgIpc) is 2.78. The maximum atomic E-state index is 15.1. The molecule has 4 nitrogen and oxygen atoms in total. The molecule has 0 atom stereocenters. The second-order valence-corrected chi connectivity index (χ2v) is 7.36. The predicted octanol–water partition coefficient (Wildman–Crippen LogP) is 6.86. The Kier molecular flexibility index (Phi) is 5.76. The third-order valence-electron chi connectivity index (χ3n) is 5.22. The lowest BCUT2D eigenvalue weighted by Gasteiger charge is -2.13. The van der Waals surface area contributed by atoms with E-state index >= 15 is 4.39 Å². The number of hydrogen-bond acceptors (Lipinski definition) is 3. The Morgan fingerprint density at radius 1 is 1.00 bits per heavy atom. The number of para-hydroxylation sites is 1. The summed E-state index contributed by atoms with van der Waals surface area (Å²) in [4.78, 5) is 16.1. The van der Waals surface area contributed by atoms with Crippen molar-refractivity contribution >= 4 is 22.6 Å². The molecule has 1 aromatic heterocycles. The molecule has 0 spiro atoms. The van der Waals surface area contributed by atoms with Gasteiger partial charge >= 0.3 is 12.1 Å². The molecule has 0 amide bonds. The maximum Gasteiger partial charge on any atom is 0.416 e. The van der Waals surface area contributed by atoms with Crippen molar-refractivity contribution in [2.24, 2.45) is 0 Å². The van der Waals surface area contributed by atoms with E-state index in [1.54, 1.807) is 24.3 Å². The molecule has 0 radical (unpaired) electrons. The number of halogens is 4. The van der Waals surface area contributed by atoms with Gasteiger partial charge in [-0.15, -0.1) is 0 Å². The van der Waals surface area contributed by atoms with Gasteiger partial charge < -0.3 is 10.4 Å². The van der Waals surface area contributed by atoms with Crippen LogP contribution in [0.15, 0.2) is 66.7 Å². The number of fused-ring (bicyclic) bond motifs is 1. The molecule has 4 rings (SSSR count). The molecule has 0 saturated carbocycles. The molecule has 3 aromatic carbocycles. The van der Waals surface area contributed by atoms with Crippen molar-refractivity contribution in [2.45, 2.75) is 13.1 Å². The molecule has 0 aliphatic carbocycles. The summed E-state index contributed by atoms with van der Waals surface area (Å²) in [7, 11) is 0. The van der Waals surface area contributed by atoms with E-state index in [1.807, 2.05) is 19.1 Å². The minimum absolute atomic E-state index is 0.0693. The Hall–Kier alpha value is -3.94. The normalized spacial score (nSPS) is 11.5. The van der Waals surface area contributed by atoms with Crippen LogP contribution in [0.3, 0.4) is 0 Å². The zero-order chi connectivity index (χ0) is 23.8. The molecule has 2 N–H and O–H groups in total. The van der Waals surface area contributed by atoms with Crippen molar-refractivity contribution in [3.05, 3.63) is 83.7 Å². The quantitative estimate of drug-likeness (QED) is 0.324. The highest BCUT2D eigenvalue weighted by atomic mass is 19.4. The van der Waals surface area contributed by atoms with E-state index in [0.29, 0.717) is 23.2 Å². The van der Waals surface area contributed by atoms with Gasteiger partial charge in [-0.25, -0.2) is 14.2 Å². The predicted molar refractivity (Wildman–Crippen MR) is 119 cm³/mol. The Labute approximate surface area is 186 Å². The van der Waals surface area contributed by atoms with Gasteiger partial charge in [-0.3, -0.25) is 0 Å². The van der Waals surface area contributed by atoms with Crippen LogP contribution < -0.4 is 5.32 Å². The smallest absolute Gasteiger partial charge is 0.416 e. The fraction of sp³-hybridized carbons (Fsp3) is 0.120. The van der Waals surface area contributed by atoms with Crippen LogP contribution in [0, 0.1) is 5.82 Å². The number of aromatic nitrogens is 1. The summed E-state index contributed by atoms with van der Waals surface area (Å²) in [6, 6.07) is 15.5. The van der Waals surface area contributed by atoms with Crippen molar-refractivity contribution in [3.63, 3.8) is 0 Å². The van der Waals surface area contributed by atoms with E-state index in [1.165, 1.54) is 6.07 Å². The van der Waals surface area contributed by atoms with Crippen molar-refractivity contribution in [3.8, 4) is 22.4 Å². The summed E-state index contributed by atoms with van der Waals surface area (Å²) in [5.41, 5.74) is 0.991. The number of anilines is 1. The first-order valence-corrected chi connectivity index (χ1v) is 10.1. The monoisotopic (exact) mass is 454 g/mol. The zero-order valence-electron chi connectivity index (χ0n) is 17.4. The van der Waals surface area contributed by atoms with E-state index in [-0.39, 0.29) is 22.2 Å². The lowest BCUT2D eigenvalue weighted by atomic mass is 9.98. The molecule has 4 aromatic rings. The molecular weight excluding hydrogens is 436 g/mol. The number of aromatic carboxylic acids is 1. The number of carboxylic acid groups (broad SMARTS) is 1. The summed E-state index contributed by atoms with van der Waals surface area (Å²) < 4.78 is 54.3. The van der Waals surface area contributed by atoms with Gasteiger partial charge in [0.2, 0.25) is 0 Å². The largest absolute Gasteiger partial charge is 0.478 e. The molecule has 0 unspecified atom stereocenters. The molecule has 33 heavy (non-hydrogen) atoms. The van der Waals surface area contributed by atoms with Crippen LogP contribution in [0.4, 0.5) is 23.2 Å². The minimum atomic E-state index is -4.62. The highest BCUT2D eigenvalue weighted by molar-refractivity contribution is 6.04. The number of benzene rings is 3. The molecule has 0 aliphatic rings. The number of alkyl halides is 3. The van der Waals surface area contributed by atoms with E-state index < -0.39 is 23.5 Å². The van der Waals surface area contributed by atoms with E-state index in [0.717, 1.165) is 30.0 Å². The van der Waals surface area contributed by atoms with Crippen molar-refractivity contribution < 1.29 is 27.5 Å². The minimum Gasteiger partial charge on any atom is -0.478 e. The highest BCUT2D eigenvalue weighted by Gasteiger charge is 2.31. The first-order valence-electron chi connectivity index (χ1n) is 10.1. The highest BCUT2D eigenvalue weighted by Crippen LogP contribution is 2.35. The summed E-state index contributed by atoms with van der Waals surface area (Å²) in [5, 5.41) is 12.6. The van der Waals surface area contributed by atoms with Gasteiger partial charge in [0.1, 0.15) is 5.82 Å². The Morgan fingerprint density at radius 2 is 1.76 bits per heavy atom. The molecular formula is C25H18F4N2O2. The molecule has 8 heteroatoms. The fourth-order valence-electron chi connectivity index (χ4n) is 3.68. The second-order valence-electron chi connectivity index (χ2n) is 7.36. The van der Waals surface area contributed by atoms with Crippen molar-refractivity contribution in [1.29, 1.82) is 0 Å². The van der Waals surface area contributed by atoms with Crippen LogP contribution >= 0.6 is 0 Å². The second kappa shape index (κ2) is 8.54. The van der Waals surface area contributed by atoms with Crippen LogP contribution in [0.25, 0.3) is 33.3 Å². The summed E-state index contributed by atoms with van der Waals surface area (Å²) >= 11 is 0. The van der Waals surface area contributed by atoms with Crippen LogP contribution in [0.5, 0.6) is 0 Å². The van der Waals surface area contributed by atoms with Crippen LogP contribution in [0.1, 0.15) is 22.8 Å². The number of pyridine rings is 1. The van der Waals surface area contributed by atoms with E-state index in [2.05, 4.69) is 10.3 Å². The third-order valence-corrected chi connectivity index (χ3v) is 5.22. The Balaban J connectivity index is 1.83. The molecule has 0 bridgehead atoms. The number of hydrogen-bond donors (Lipinski definition) is 2. The third kappa shape index (κ3) is 4.37. The summed E-state index contributed by atoms with van der Waals surface area (Å²) in [6.07, 6.45) is -4.62. The Bertz CT molecular complexity index is 1370. The first kappa shape index (κ1) is 22.3. The van der Waals surface area contributed by atoms with Crippen LogP contribution in [-0.2, 0) is 6.18 Å². The van der Waals surface area contributed by atoms with Gasteiger partial charge in [-0.05, 0) is 43.3 Å². The van der Waals surface area contributed by atoms with Crippen LogP contribution in [-0.4, -0.2) is 22.6 Å². The van der Waals surface area contributed by atoms with Gasteiger partial charge in [-0.1, -0.05) is 30.3 Å². The van der Waals surface area contributed by atoms with Crippen molar-refractivity contribution in [2.75, 3.05) is 11.9 Å². The summed E-state index contributed by atoms with van der Waals surface area (Å²) in [6.45, 7) is 2.59. The topological polar surface area (TPSA) is 62.2 Å². The molecule has 0 aliphatic heterocycles. The number of nitrogens with zero attached hydrogens (tertiary/aromatic N) is 1. The van der Waals surface area contributed by atoms with Gasteiger partial charge in [-0.2, -0.15) is 13.2 Å². The van der Waals surface area contributed by atoms with E-state index in [9.17, 15) is 23.1 Å². The molecule has 1 heterocycles. The Morgan fingerprint density at radius 3 is 2.42 bits per heavy atom.